The molecule has 1 N–H and O–H groups in total. The van der Waals surface area contributed by atoms with Crippen molar-refractivity contribution in [3.8, 4) is 0 Å². The fraction of sp³-hybridized carbons (Fsp3) is 0.632. The summed E-state index contributed by atoms with van der Waals surface area (Å²) in [7, 11) is 0. The van der Waals surface area contributed by atoms with Crippen molar-refractivity contribution in [1.82, 2.24) is 4.90 Å². The molecule has 3 rings (SSSR count). The van der Waals surface area contributed by atoms with E-state index in [9.17, 15) is 14.9 Å². The molecule has 0 radical (unpaired) electrons. The second-order valence-corrected chi connectivity index (χ2v) is 7.18. The molecule has 0 bridgehead atoms. The lowest BCUT2D eigenvalue weighted by atomic mass is 9.84. The lowest BCUT2D eigenvalue weighted by molar-refractivity contribution is -0.384. The summed E-state index contributed by atoms with van der Waals surface area (Å²) in [6.45, 7) is 4.25. The Kier molecular flexibility index (Phi) is 6.08. The number of nitro benzene ring substituents is 1. The van der Waals surface area contributed by atoms with Crippen molar-refractivity contribution >= 4 is 17.3 Å². The van der Waals surface area contributed by atoms with Crippen LogP contribution in [-0.2, 0) is 4.74 Å². The maximum absolute atomic E-state index is 12.6. The molecule has 2 atom stereocenters. The van der Waals surface area contributed by atoms with E-state index in [1.807, 2.05) is 0 Å². The average molecular weight is 361 g/mol. The number of carbonyl (C=O) groups is 1. The van der Waals surface area contributed by atoms with Crippen LogP contribution >= 0.6 is 0 Å². The molecule has 1 aliphatic heterocycles. The predicted octanol–water partition coefficient (Wildman–Crippen LogP) is 3.45. The van der Waals surface area contributed by atoms with E-state index in [-0.39, 0.29) is 17.6 Å². The molecule has 1 saturated carbocycles. The van der Waals surface area contributed by atoms with Crippen molar-refractivity contribution in [2.75, 3.05) is 31.6 Å². The molecule has 7 heteroatoms. The van der Waals surface area contributed by atoms with Crippen LogP contribution in [0.2, 0.25) is 0 Å². The van der Waals surface area contributed by atoms with Gasteiger partial charge in [0.05, 0.1) is 18.1 Å². The van der Waals surface area contributed by atoms with Gasteiger partial charge in [-0.3, -0.25) is 14.9 Å². The van der Waals surface area contributed by atoms with Crippen LogP contribution in [0, 0.1) is 16.0 Å². The van der Waals surface area contributed by atoms with Crippen molar-refractivity contribution in [1.29, 1.82) is 0 Å². The molecule has 2 aliphatic rings. The molecule has 1 aromatic rings. The van der Waals surface area contributed by atoms with Crippen LogP contribution in [0.5, 0.6) is 0 Å². The molecule has 1 amide bonds. The number of nitrogens with zero attached hydrogens (tertiary/aromatic N) is 2. The van der Waals surface area contributed by atoms with E-state index in [2.05, 4.69) is 12.2 Å². The molecule has 2 fully saturated rings. The van der Waals surface area contributed by atoms with Gasteiger partial charge in [-0.05, 0) is 30.9 Å². The Bertz CT molecular complexity index is 658. The Hall–Kier alpha value is -2.15. The summed E-state index contributed by atoms with van der Waals surface area (Å²) in [5, 5.41) is 14.9. The van der Waals surface area contributed by atoms with E-state index in [4.69, 9.17) is 4.74 Å². The highest BCUT2D eigenvalue weighted by Crippen LogP contribution is 2.32. The Balaban J connectivity index is 1.76. The Morgan fingerprint density at radius 2 is 2.12 bits per heavy atom. The molecule has 1 aromatic carbocycles. The van der Waals surface area contributed by atoms with Crippen molar-refractivity contribution in [2.24, 2.45) is 5.92 Å². The zero-order chi connectivity index (χ0) is 18.5. The Morgan fingerprint density at radius 3 is 2.81 bits per heavy atom. The monoisotopic (exact) mass is 361 g/mol. The lowest BCUT2D eigenvalue weighted by Crippen LogP contribution is -2.40. The van der Waals surface area contributed by atoms with Crippen molar-refractivity contribution in [3.05, 3.63) is 33.9 Å². The first-order valence-corrected chi connectivity index (χ1v) is 9.50. The zero-order valence-corrected chi connectivity index (χ0v) is 15.3. The maximum Gasteiger partial charge on any atom is 0.293 e. The van der Waals surface area contributed by atoms with Gasteiger partial charge in [-0.25, -0.2) is 0 Å². The van der Waals surface area contributed by atoms with Crippen LogP contribution in [0.1, 0.15) is 49.4 Å². The third-order valence-corrected chi connectivity index (χ3v) is 5.46. The summed E-state index contributed by atoms with van der Waals surface area (Å²) in [6.07, 6.45) is 5.61. The Labute approximate surface area is 153 Å². The zero-order valence-electron chi connectivity index (χ0n) is 15.3. The minimum absolute atomic E-state index is 0.0252. The molecule has 26 heavy (non-hydrogen) atoms. The number of ether oxygens (including phenoxy) is 1. The molecule has 1 saturated heterocycles. The number of morpholine rings is 1. The van der Waals surface area contributed by atoms with Crippen LogP contribution in [-0.4, -0.2) is 48.1 Å². The van der Waals surface area contributed by atoms with Gasteiger partial charge in [0.25, 0.3) is 11.6 Å². The van der Waals surface area contributed by atoms with Gasteiger partial charge in [-0.2, -0.15) is 0 Å². The second kappa shape index (κ2) is 8.49. The summed E-state index contributed by atoms with van der Waals surface area (Å²) in [4.78, 5) is 25.4. The fourth-order valence-corrected chi connectivity index (χ4v) is 3.90. The third-order valence-electron chi connectivity index (χ3n) is 5.46. The molecule has 1 aliphatic carbocycles. The van der Waals surface area contributed by atoms with Crippen molar-refractivity contribution < 1.29 is 14.5 Å². The van der Waals surface area contributed by atoms with Gasteiger partial charge < -0.3 is 15.0 Å². The number of amides is 1. The van der Waals surface area contributed by atoms with Crippen LogP contribution in [0.25, 0.3) is 0 Å². The summed E-state index contributed by atoms with van der Waals surface area (Å²) in [5.41, 5.74) is 0.845. The van der Waals surface area contributed by atoms with E-state index in [1.54, 1.807) is 17.0 Å². The number of benzene rings is 1. The normalized spacial score (nSPS) is 23.5. The largest absolute Gasteiger partial charge is 0.378 e. The van der Waals surface area contributed by atoms with Crippen LogP contribution in [0.3, 0.4) is 0 Å². The van der Waals surface area contributed by atoms with Gasteiger partial charge in [-0.1, -0.05) is 26.2 Å². The molecule has 142 valence electrons. The highest BCUT2D eigenvalue weighted by Gasteiger charge is 2.26. The lowest BCUT2D eigenvalue weighted by Gasteiger charge is -2.30. The number of hydrogen-bond donors (Lipinski definition) is 1. The summed E-state index contributed by atoms with van der Waals surface area (Å²) >= 11 is 0. The first-order chi connectivity index (χ1) is 12.6. The molecular formula is C19H27N3O4. The minimum atomic E-state index is -0.404. The second-order valence-electron chi connectivity index (χ2n) is 7.18. The Morgan fingerprint density at radius 1 is 1.35 bits per heavy atom. The van der Waals surface area contributed by atoms with Gasteiger partial charge in [0.2, 0.25) is 0 Å². The quantitative estimate of drug-likeness (QED) is 0.641. The summed E-state index contributed by atoms with van der Waals surface area (Å²) in [6, 6.07) is 5.03. The topological polar surface area (TPSA) is 84.7 Å². The van der Waals surface area contributed by atoms with Gasteiger partial charge in [0.1, 0.15) is 5.69 Å². The van der Waals surface area contributed by atoms with Gasteiger partial charge in [0, 0.05) is 30.8 Å². The highest BCUT2D eigenvalue weighted by molar-refractivity contribution is 5.95. The number of rotatable bonds is 5. The van der Waals surface area contributed by atoms with E-state index >= 15 is 0 Å². The van der Waals surface area contributed by atoms with Gasteiger partial charge in [-0.15, -0.1) is 0 Å². The van der Waals surface area contributed by atoms with E-state index in [1.165, 1.54) is 12.5 Å². The number of anilines is 1. The highest BCUT2D eigenvalue weighted by atomic mass is 16.6. The fourth-order valence-electron chi connectivity index (χ4n) is 3.90. The SMILES string of the molecule is CCC1CCCC(Nc2ccc(C(=O)N3CCOCC3)cc2[N+](=O)[O-])C1. The number of hydrogen-bond acceptors (Lipinski definition) is 5. The van der Waals surface area contributed by atoms with Crippen molar-refractivity contribution in [2.45, 2.75) is 45.1 Å². The van der Waals surface area contributed by atoms with Crippen LogP contribution in [0.15, 0.2) is 18.2 Å². The molecule has 7 nitrogen and oxygen atoms in total. The first kappa shape index (κ1) is 18.6. The van der Waals surface area contributed by atoms with E-state index < -0.39 is 4.92 Å². The number of nitrogens with one attached hydrogen (secondary N) is 1. The van der Waals surface area contributed by atoms with Crippen LogP contribution < -0.4 is 5.32 Å². The number of carbonyl (C=O) groups excluding carboxylic acids is 1. The molecular weight excluding hydrogens is 334 g/mol. The summed E-state index contributed by atoms with van der Waals surface area (Å²) < 4.78 is 5.26. The van der Waals surface area contributed by atoms with E-state index in [0.717, 1.165) is 25.7 Å². The van der Waals surface area contributed by atoms with Gasteiger partial charge >= 0.3 is 0 Å². The minimum Gasteiger partial charge on any atom is -0.378 e. The average Bonchev–Trinajstić information content (AvgIpc) is 2.68. The van der Waals surface area contributed by atoms with Crippen LogP contribution in [0.4, 0.5) is 11.4 Å². The van der Waals surface area contributed by atoms with E-state index in [0.29, 0.717) is 43.5 Å². The predicted molar refractivity (Wildman–Crippen MR) is 99.5 cm³/mol. The van der Waals surface area contributed by atoms with Gasteiger partial charge in [0.15, 0.2) is 0 Å². The smallest absolute Gasteiger partial charge is 0.293 e. The number of nitro groups is 1. The first-order valence-electron chi connectivity index (χ1n) is 9.50. The maximum atomic E-state index is 12.6. The molecule has 2 unspecified atom stereocenters. The molecule has 0 spiro atoms. The molecule has 0 aromatic heterocycles. The van der Waals surface area contributed by atoms with Crippen molar-refractivity contribution in [3.63, 3.8) is 0 Å². The molecule has 1 heterocycles. The summed E-state index contributed by atoms with van der Waals surface area (Å²) in [5.74, 6) is 0.508. The third kappa shape index (κ3) is 4.33. The standard InChI is InChI=1S/C19H27N3O4/c1-2-14-4-3-5-16(12-14)20-17-7-6-15(13-18(17)22(24)25)19(23)21-8-10-26-11-9-21/h6-7,13-14,16,20H,2-5,8-12H2,1H3.